The predicted molar refractivity (Wildman–Crippen MR) is 39.3 cm³/mol. The van der Waals surface area contributed by atoms with Gasteiger partial charge in [-0.25, -0.2) is 0 Å². The fourth-order valence-electron chi connectivity index (χ4n) is 0. The van der Waals surface area contributed by atoms with Gasteiger partial charge in [-0.05, 0) is 6.92 Å². The van der Waals surface area contributed by atoms with Crippen LogP contribution in [0.25, 0.3) is 0 Å². The molecule has 0 nitrogen and oxygen atoms in total. The van der Waals surface area contributed by atoms with Crippen molar-refractivity contribution in [2.45, 2.75) is 21.8 Å². The molecule has 0 aromatic heterocycles. The van der Waals surface area contributed by atoms with Gasteiger partial charge in [0.05, 0.1) is 0 Å². The normalized spacial score (nSPS) is 1.70. The van der Waals surface area contributed by atoms with E-state index >= 15 is 0 Å². The van der Waals surface area contributed by atoms with E-state index in [-0.39, 0.29) is 78.0 Å². The van der Waals surface area contributed by atoms with Crippen molar-refractivity contribution >= 4 is 0 Å². The second-order valence-electron chi connectivity index (χ2n) is 0.408. The summed E-state index contributed by atoms with van der Waals surface area (Å²) in [4.78, 5) is 0. The Morgan fingerprint density at radius 1 is 1.00 bits per heavy atom. The summed E-state index contributed by atoms with van der Waals surface area (Å²) in [5.41, 5.74) is 0. The maximum Gasteiger partial charge on any atom is 0 e. The van der Waals surface area contributed by atoms with Gasteiger partial charge in [-0.1, -0.05) is 20.9 Å². The molecular formula is C7H17W3-. The Morgan fingerprint density at radius 2 is 1.00 bits per heavy atom. The van der Waals surface area contributed by atoms with Gasteiger partial charge in [-0.3, -0.25) is 6.58 Å². The third-order valence-corrected chi connectivity index (χ3v) is 0. The Kier molecular flexibility index (Phi) is 922. The van der Waals surface area contributed by atoms with Gasteiger partial charge >= 0.3 is 0 Å². The maximum atomic E-state index is 4.25. The molecule has 0 fully saturated rings. The molecule has 0 aliphatic heterocycles. The van der Waals surface area contributed by atoms with Gasteiger partial charge in [0.25, 0.3) is 0 Å². The van der Waals surface area contributed by atoms with Crippen LogP contribution in [0, 0.1) is 6.58 Å². The van der Waals surface area contributed by atoms with Crippen molar-refractivity contribution in [2.75, 3.05) is 0 Å². The van der Waals surface area contributed by atoms with Crippen LogP contribution in [0.4, 0.5) is 0 Å². The topological polar surface area (TPSA) is 0 Å². The van der Waals surface area contributed by atoms with Gasteiger partial charge < -0.3 is 6.58 Å². The molecule has 0 aromatic rings. The minimum absolute atomic E-state index is 0. The van der Waals surface area contributed by atoms with Crippen molar-refractivity contribution in [3.05, 3.63) is 25.8 Å². The van der Waals surface area contributed by atoms with E-state index in [1.54, 1.807) is 6.08 Å². The second-order valence-corrected chi connectivity index (χ2v) is 0.408. The molecule has 0 heterocycles. The van der Waals surface area contributed by atoms with E-state index < -0.39 is 0 Å². The maximum absolute atomic E-state index is 4.25. The average Bonchev–Trinajstić information content (AvgIpc) is 1.46. The van der Waals surface area contributed by atoms with Crippen LogP contribution in [0.15, 0.2) is 19.2 Å². The van der Waals surface area contributed by atoms with E-state index in [1.165, 1.54) is 0 Å². The van der Waals surface area contributed by atoms with Gasteiger partial charge in [0.1, 0.15) is 0 Å². The fourth-order valence-corrected chi connectivity index (χ4v) is 0. The molecule has 0 radical (unpaired) electrons. The van der Waals surface area contributed by atoms with Crippen LogP contribution in [-0.2, 0) is 63.2 Å². The third kappa shape index (κ3) is 292. The first-order chi connectivity index (χ1) is 2.41. The van der Waals surface area contributed by atoms with Crippen LogP contribution >= 0.6 is 0 Å². The summed E-state index contributed by atoms with van der Waals surface area (Å²) < 4.78 is 0. The fraction of sp³-hybridized carbons (Fsp3) is 0.429. The molecule has 0 aromatic carbocycles. The molecular weight excluding hydrogens is 636 g/mol. The van der Waals surface area contributed by atoms with Crippen LogP contribution < -0.4 is 0 Å². The molecule has 3 heteroatoms. The van der Waals surface area contributed by atoms with Crippen LogP contribution in [0.2, 0.25) is 0 Å². The predicted octanol–water partition coefficient (Wildman–Crippen LogP) is 3.06. The zero-order chi connectivity index (χ0) is 4.71. The van der Waals surface area contributed by atoms with E-state index in [0.717, 1.165) is 0 Å². The van der Waals surface area contributed by atoms with Crippen molar-refractivity contribution in [2.24, 2.45) is 0 Å². The number of rotatable bonds is 0. The van der Waals surface area contributed by atoms with Gasteiger partial charge in [-0.15, -0.1) is 6.58 Å². The summed E-state index contributed by atoms with van der Waals surface area (Å²) in [5, 5.41) is 0. The second kappa shape index (κ2) is 148. The smallest absolute Gasteiger partial charge is 0 e. The SMILES string of the molecule is C.C.C=CC.[CH-]=C.[W].[W].[W]. The van der Waals surface area contributed by atoms with Gasteiger partial charge in [0.15, 0.2) is 0 Å². The number of allylic oxidation sites excluding steroid dienone is 1. The molecule has 64 valence electrons. The van der Waals surface area contributed by atoms with Gasteiger partial charge in [-0.2, -0.15) is 0 Å². The van der Waals surface area contributed by atoms with E-state index in [4.69, 9.17) is 0 Å². The zero-order valence-electron chi connectivity index (χ0n) is 4.79. The van der Waals surface area contributed by atoms with Gasteiger partial charge in [0, 0.05) is 63.2 Å². The summed E-state index contributed by atoms with van der Waals surface area (Å²) in [5.74, 6) is 0. The summed E-state index contributed by atoms with van der Waals surface area (Å²) in [6.45, 7) is 12.2. The van der Waals surface area contributed by atoms with E-state index in [0.29, 0.717) is 0 Å². The molecule has 0 spiro atoms. The van der Waals surface area contributed by atoms with Crippen molar-refractivity contribution < 1.29 is 63.2 Å². The van der Waals surface area contributed by atoms with Gasteiger partial charge in [0.2, 0.25) is 0 Å². The van der Waals surface area contributed by atoms with Crippen LogP contribution in [0.1, 0.15) is 21.8 Å². The minimum atomic E-state index is 0. The Hall–Kier alpha value is 1.54. The first-order valence-electron chi connectivity index (χ1n) is 1.39. The van der Waals surface area contributed by atoms with Crippen LogP contribution in [-0.4, -0.2) is 0 Å². The van der Waals surface area contributed by atoms with Crippen molar-refractivity contribution in [3.63, 3.8) is 0 Å². The third-order valence-electron chi connectivity index (χ3n) is 0. The Labute approximate surface area is 110 Å². The molecule has 0 atom stereocenters. The molecule has 0 aliphatic rings. The number of hydrogen-bond donors (Lipinski definition) is 0. The molecule has 0 unspecified atom stereocenters. The monoisotopic (exact) mass is 653 g/mol. The Balaban J connectivity index is -0.00000000246. The van der Waals surface area contributed by atoms with E-state index in [9.17, 15) is 0 Å². The molecule has 0 rings (SSSR count). The van der Waals surface area contributed by atoms with E-state index in [1.807, 2.05) is 6.92 Å². The average molecular weight is 653 g/mol. The first kappa shape index (κ1) is 62.1. The van der Waals surface area contributed by atoms with Crippen LogP contribution in [0.5, 0.6) is 0 Å². The molecule has 10 heavy (non-hydrogen) atoms. The molecule has 0 N–H and O–H groups in total. The first-order valence-corrected chi connectivity index (χ1v) is 1.39. The zero-order valence-corrected chi connectivity index (χ0v) is 13.6. The van der Waals surface area contributed by atoms with Crippen LogP contribution in [0.3, 0.4) is 0 Å². The molecule has 0 amide bonds. The quantitative estimate of drug-likeness (QED) is 0.279. The molecule has 0 saturated heterocycles. The molecule has 0 aliphatic carbocycles. The Morgan fingerprint density at radius 3 is 1.00 bits per heavy atom. The summed E-state index contributed by atoms with van der Waals surface area (Å²) in [7, 11) is 0. The Bertz CT molecular complexity index is 22.8. The van der Waals surface area contributed by atoms with Crippen molar-refractivity contribution in [1.82, 2.24) is 0 Å². The summed E-state index contributed by atoms with van der Waals surface area (Å²) in [6.07, 6.45) is 1.75. The van der Waals surface area contributed by atoms with E-state index in [2.05, 4.69) is 19.7 Å². The number of hydrogen-bond acceptors (Lipinski definition) is 0. The molecule has 0 bridgehead atoms. The summed E-state index contributed by atoms with van der Waals surface area (Å²) >= 11 is 0. The largest absolute Gasteiger partial charge is 0.521 e. The van der Waals surface area contributed by atoms with Crippen molar-refractivity contribution in [1.29, 1.82) is 0 Å². The molecule has 0 saturated carbocycles. The minimum Gasteiger partial charge on any atom is -0.521 e. The van der Waals surface area contributed by atoms with Crippen molar-refractivity contribution in [3.8, 4) is 0 Å². The standard InChI is InChI=1S/C3H6.C2H3.2CH4.3W/c1-3-2;1-2;;;;;/h3H,1H2,2H3;1H,2H2;2*1H4;;;/q;-1;;;;;. The summed E-state index contributed by atoms with van der Waals surface area (Å²) in [6, 6.07) is 0.